The van der Waals surface area contributed by atoms with E-state index in [1.54, 1.807) is 7.11 Å². The van der Waals surface area contributed by atoms with Crippen LogP contribution in [0.2, 0.25) is 0 Å². The second kappa shape index (κ2) is 4.17. The molecule has 0 aromatic carbocycles. The molecule has 1 aliphatic carbocycles. The largest absolute Gasteiger partial charge is 0.395 e. The Labute approximate surface area is 86.0 Å². The van der Waals surface area contributed by atoms with Gasteiger partial charge in [0.05, 0.1) is 13.2 Å². The Kier molecular flexibility index (Phi) is 3.10. The van der Waals surface area contributed by atoms with Crippen LogP contribution in [0.3, 0.4) is 0 Å². The van der Waals surface area contributed by atoms with E-state index in [-0.39, 0.29) is 0 Å². The molecule has 14 heavy (non-hydrogen) atoms. The fourth-order valence-corrected chi connectivity index (χ4v) is 2.57. The standard InChI is InChI=1S/C11H21NO2/c1-14-9-11(4-5-11)8-12-6-2-3-10(12)7-13/h10,13H,2-9H2,1H3. The van der Waals surface area contributed by atoms with E-state index in [1.165, 1.54) is 25.7 Å². The lowest BCUT2D eigenvalue weighted by Crippen LogP contribution is -2.38. The molecule has 1 saturated carbocycles. The highest BCUT2D eigenvalue weighted by Crippen LogP contribution is 2.47. The van der Waals surface area contributed by atoms with Crippen LogP contribution in [-0.2, 0) is 4.74 Å². The molecule has 1 saturated heterocycles. The van der Waals surface area contributed by atoms with Crippen molar-refractivity contribution >= 4 is 0 Å². The van der Waals surface area contributed by atoms with Gasteiger partial charge in [0.2, 0.25) is 0 Å². The fourth-order valence-electron chi connectivity index (χ4n) is 2.57. The number of hydrogen-bond acceptors (Lipinski definition) is 3. The number of hydrogen-bond donors (Lipinski definition) is 1. The van der Waals surface area contributed by atoms with Gasteiger partial charge in [-0.3, -0.25) is 4.90 Å². The zero-order chi connectivity index (χ0) is 10.0. The van der Waals surface area contributed by atoms with Crippen LogP contribution in [0.1, 0.15) is 25.7 Å². The van der Waals surface area contributed by atoms with E-state index in [1.807, 2.05) is 0 Å². The van der Waals surface area contributed by atoms with Crippen molar-refractivity contribution in [2.45, 2.75) is 31.7 Å². The number of methoxy groups -OCH3 is 1. The lowest BCUT2D eigenvalue weighted by molar-refractivity contribution is 0.0873. The molecule has 0 radical (unpaired) electrons. The van der Waals surface area contributed by atoms with Gasteiger partial charge in [-0.2, -0.15) is 0 Å². The minimum absolute atomic E-state index is 0.322. The lowest BCUT2D eigenvalue weighted by atomic mass is 10.1. The summed E-state index contributed by atoms with van der Waals surface area (Å²) in [6, 6.07) is 0.421. The van der Waals surface area contributed by atoms with Gasteiger partial charge in [0.15, 0.2) is 0 Å². The van der Waals surface area contributed by atoms with E-state index in [2.05, 4.69) is 4.90 Å². The van der Waals surface area contributed by atoms with Crippen molar-refractivity contribution < 1.29 is 9.84 Å². The van der Waals surface area contributed by atoms with Gasteiger partial charge in [-0.1, -0.05) is 0 Å². The number of rotatable bonds is 5. The number of ether oxygens (including phenoxy) is 1. The first-order valence-electron chi connectivity index (χ1n) is 5.63. The van der Waals surface area contributed by atoms with Crippen LogP contribution in [-0.4, -0.2) is 49.5 Å². The Balaban J connectivity index is 1.84. The van der Waals surface area contributed by atoms with E-state index in [0.29, 0.717) is 18.1 Å². The predicted octanol–water partition coefficient (Wildman–Crippen LogP) is 0.870. The van der Waals surface area contributed by atoms with E-state index in [4.69, 9.17) is 4.74 Å². The molecule has 0 aromatic rings. The summed E-state index contributed by atoms with van der Waals surface area (Å²) in [6.07, 6.45) is 5.01. The number of aliphatic hydroxyl groups is 1. The van der Waals surface area contributed by atoms with Crippen LogP contribution in [0.5, 0.6) is 0 Å². The number of aliphatic hydroxyl groups excluding tert-OH is 1. The maximum Gasteiger partial charge on any atom is 0.0586 e. The van der Waals surface area contributed by atoms with Gasteiger partial charge in [0.1, 0.15) is 0 Å². The third kappa shape index (κ3) is 2.10. The van der Waals surface area contributed by atoms with E-state index >= 15 is 0 Å². The maximum absolute atomic E-state index is 9.21. The van der Waals surface area contributed by atoms with Crippen molar-refractivity contribution in [3.8, 4) is 0 Å². The van der Waals surface area contributed by atoms with E-state index < -0.39 is 0 Å². The van der Waals surface area contributed by atoms with Crippen molar-refractivity contribution in [3.63, 3.8) is 0 Å². The summed E-state index contributed by atoms with van der Waals surface area (Å²) >= 11 is 0. The van der Waals surface area contributed by atoms with E-state index in [0.717, 1.165) is 19.7 Å². The molecular formula is C11H21NO2. The Bertz CT molecular complexity index is 192. The van der Waals surface area contributed by atoms with Gasteiger partial charge >= 0.3 is 0 Å². The van der Waals surface area contributed by atoms with Crippen LogP contribution in [0.15, 0.2) is 0 Å². The summed E-state index contributed by atoms with van der Waals surface area (Å²) in [4.78, 5) is 2.45. The van der Waals surface area contributed by atoms with Crippen LogP contribution in [0, 0.1) is 5.41 Å². The molecular weight excluding hydrogens is 178 g/mol. The molecule has 1 unspecified atom stereocenters. The van der Waals surface area contributed by atoms with E-state index in [9.17, 15) is 5.11 Å². The molecule has 0 spiro atoms. The first-order valence-corrected chi connectivity index (χ1v) is 5.63. The number of likely N-dealkylation sites (tertiary alicyclic amines) is 1. The molecule has 1 atom stereocenters. The Morgan fingerprint density at radius 3 is 2.86 bits per heavy atom. The quantitative estimate of drug-likeness (QED) is 0.713. The second-order valence-electron chi connectivity index (χ2n) is 4.88. The van der Waals surface area contributed by atoms with Crippen molar-refractivity contribution in [2.24, 2.45) is 5.41 Å². The van der Waals surface area contributed by atoms with Gasteiger partial charge in [0, 0.05) is 25.1 Å². The molecule has 2 aliphatic rings. The molecule has 0 aromatic heterocycles. The number of nitrogens with zero attached hydrogens (tertiary/aromatic N) is 1. The zero-order valence-corrected chi connectivity index (χ0v) is 9.04. The van der Waals surface area contributed by atoms with Crippen molar-refractivity contribution in [3.05, 3.63) is 0 Å². The molecule has 1 heterocycles. The molecule has 3 nitrogen and oxygen atoms in total. The highest BCUT2D eigenvalue weighted by molar-refractivity contribution is 4.97. The molecule has 1 N–H and O–H groups in total. The average Bonchev–Trinajstić information content (AvgIpc) is 2.79. The summed E-state index contributed by atoms with van der Waals surface area (Å²) in [6.45, 7) is 3.51. The highest BCUT2D eigenvalue weighted by Gasteiger charge is 2.45. The second-order valence-corrected chi connectivity index (χ2v) is 4.88. The average molecular weight is 199 g/mol. The summed E-state index contributed by atoms with van der Waals surface area (Å²) in [5.41, 5.74) is 0.437. The highest BCUT2D eigenvalue weighted by atomic mass is 16.5. The SMILES string of the molecule is COCC1(CN2CCCC2CO)CC1. The summed E-state index contributed by atoms with van der Waals surface area (Å²) in [7, 11) is 1.79. The minimum Gasteiger partial charge on any atom is -0.395 e. The van der Waals surface area contributed by atoms with Crippen LogP contribution >= 0.6 is 0 Å². The minimum atomic E-state index is 0.322. The third-order valence-corrected chi connectivity index (χ3v) is 3.66. The first kappa shape index (κ1) is 10.4. The molecule has 0 bridgehead atoms. The first-order chi connectivity index (χ1) is 6.79. The molecule has 2 rings (SSSR count). The van der Waals surface area contributed by atoms with Gasteiger partial charge in [0.25, 0.3) is 0 Å². The van der Waals surface area contributed by atoms with Crippen molar-refractivity contribution in [2.75, 3.05) is 33.4 Å². The summed E-state index contributed by atoms with van der Waals surface area (Å²) < 4.78 is 5.26. The molecule has 3 heteroatoms. The maximum atomic E-state index is 9.21. The Hall–Kier alpha value is -0.120. The van der Waals surface area contributed by atoms with Crippen molar-refractivity contribution in [1.82, 2.24) is 4.90 Å². The molecule has 2 fully saturated rings. The summed E-state index contributed by atoms with van der Waals surface area (Å²) in [5, 5.41) is 9.21. The van der Waals surface area contributed by atoms with Crippen LogP contribution in [0.4, 0.5) is 0 Å². The smallest absolute Gasteiger partial charge is 0.0586 e. The van der Waals surface area contributed by atoms with Gasteiger partial charge in [-0.15, -0.1) is 0 Å². The topological polar surface area (TPSA) is 32.7 Å². The van der Waals surface area contributed by atoms with Gasteiger partial charge in [-0.25, -0.2) is 0 Å². The fraction of sp³-hybridized carbons (Fsp3) is 1.00. The third-order valence-electron chi connectivity index (χ3n) is 3.66. The van der Waals surface area contributed by atoms with Gasteiger partial charge < -0.3 is 9.84 Å². The predicted molar refractivity (Wildman–Crippen MR) is 55.2 cm³/mol. The van der Waals surface area contributed by atoms with Gasteiger partial charge in [-0.05, 0) is 32.2 Å². The van der Waals surface area contributed by atoms with Crippen LogP contribution in [0.25, 0.3) is 0 Å². The molecule has 0 amide bonds. The normalized spacial score (nSPS) is 30.9. The lowest BCUT2D eigenvalue weighted by Gasteiger charge is -2.27. The Morgan fingerprint density at radius 2 is 2.29 bits per heavy atom. The van der Waals surface area contributed by atoms with Crippen molar-refractivity contribution in [1.29, 1.82) is 0 Å². The molecule has 82 valence electrons. The Morgan fingerprint density at radius 1 is 1.50 bits per heavy atom. The monoisotopic (exact) mass is 199 g/mol. The zero-order valence-electron chi connectivity index (χ0n) is 9.04. The van der Waals surface area contributed by atoms with Crippen LogP contribution < -0.4 is 0 Å². The molecule has 1 aliphatic heterocycles. The summed E-state index contributed by atoms with van der Waals surface area (Å²) in [5.74, 6) is 0.